The Morgan fingerprint density at radius 1 is 0.974 bits per heavy atom. The Bertz CT molecular complexity index is 1560. The molecule has 1 atom stereocenters. The Hall–Kier alpha value is -4.14. The van der Waals surface area contributed by atoms with E-state index in [0.717, 1.165) is 34.7 Å². The molecule has 0 saturated carbocycles. The Labute approximate surface area is 219 Å². The quantitative estimate of drug-likeness (QED) is 0.200. The van der Waals surface area contributed by atoms with Gasteiger partial charge < -0.3 is 24.3 Å². The van der Waals surface area contributed by atoms with Crippen molar-refractivity contribution < 1.29 is 18.7 Å². The molecule has 2 aromatic carbocycles. The first-order chi connectivity index (χ1) is 18.5. The smallest absolute Gasteiger partial charge is 0.248 e. The first-order valence-corrected chi connectivity index (χ1v) is 12.6. The van der Waals surface area contributed by atoms with Crippen molar-refractivity contribution in [3.8, 4) is 11.5 Å². The number of H-pyrrole nitrogens is 2. The van der Waals surface area contributed by atoms with Crippen LogP contribution in [0.1, 0.15) is 42.9 Å². The number of hydrogen-bond donors (Lipinski definition) is 2. The second-order valence-electron chi connectivity index (χ2n) is 9.08. The number of nitrogens with zero attached hydrogens (tertiary/aromatic N) is 1. The van der Waals surface area contributed by atoms with E-state index in [1.807, 2.05) is 24.3 Å². The molecule has 9 heteroatoms. The van der Waals surface area contributed by atoms with Crippen LogP contribution in [-0.4, -0.2) is 43.2 Å². The number of alkyl halides is 1. The number of aryl methyl sites for hydroxylation is 1. The molecule has 2 aromatic heterocycles. The average molecular weight is 522 g/mol. The summed E-state index contributed by atoms with van der Waals surface area (Å²) in [7, 11) is 3.11. The fourth-order valence-corrected chi connectivity index (χ4v) is 4.70. The molecular weight excluding hydrogens is 489 g/mol. The largest absolute Gasteiger partial charge is 0.497 e. The molecule has 8 nitrogen and oxygen atoms in total. The molecule has 4 rings (SSSR count). The number of rotatable bonds is 12. The number of aromatic nitrogens is 2. The van der Waals surface area contributed by atoms with E-state index in [-0.39, 0.29) is 11.1 Å². The van der Waals surface area contributed by atoms with E-state index >= 15 is 0 Å². The lowest BCUT2D eigenvalue weighted by Gasteiger charge is -2.16. The number of hydrogen-bond acceptors (Lipinski definition) is 6. The summed E-state index contributed by atoms with van der Waals surface area (Å²) < 4.78 is 23.9. The third-order valence-corrected chi connectivity index (χ3v) is 6.48. The number of nitrogens with one attached hydrogen (secondary N) is 2. The third kappa shape index (κ3) is 6.04. The van der Waals surface area contributed by atoms with Crippen LogP contribution in [0.4, 0.5) is 4.39 Å². The molecular formula is C29H32FN3O5. The Balaban J connectivity index is 1.66. The zero-order valence-corrected chi connectivity index (χ0v) is 21.8. The van der Waals surface area contributed by atoms with Gasteiger partial charge in [-0.1, -0.05) is 18.5 Å². The number of methoxy groups -OCH3 is 2. The summed E-state index contributed by atoms with van der Waals surface area (Å²) in [5, 5.41) is 5.99. The Kier molecular flexibility index (Phi) is 8.78. The first kappa shape index (κ1) is 26.9. The maximum Gasteiger partial charge on any atom is 0.248 e. The number of pyridine rings is 2. The maximum absolute atomic E-state index is 13.1. The van der Waals surface area contributed by atoms with E-state index in [9.17, 15) is 14.0 Å². The third-order valence-electron chi connectivity index (χ3n) is 6.48. The van der Waals surface area contributed by atoms with E-state index in [1.165, 1.54) is 12.3 Å². The van der Waals surface area contributed by atoms with Gasteiger partial charge in [0.05, 0.1) is 43.7 Å². The molecule has 200 valence electrons. The van der Waals surface area contributed by atoms with Crippen LogP contribution in [-0.2, 0) is 17.7 Å². The van der Waals surface area contributed by atoms with E-state index in [2.05, 4.69) is 22.0 Å². The van der Waals surface area contributed by atoms with Crippen molar-refractivity contribution in [1.82, 2.24) is 9.97 Å². The minimum atomic E-state index is -0.491. The number of ether oxygens (including phenoxy) is 2. The van der Waals surface area contributed by atoms with E-state index in [4.69, 9.17) is 14.3 Å². The highest BCUT2D eigenvalue weighted by molar-refractivity contribution is 6.01. The van der Waals surface area contributed by atoms with E-state index in [1.54, 1.807) is 26.4 Å². The van der Waals surface area contributed by atoms with E-state index < -0.39 is 12.8 Å². The summed E-state index contributed by atoms with van der Waals surface area (Å²) in [6.45, 7) is 1.57. The van der Waals surface area contributed by atoms with Crippen molar-refractivity contribution in [1.29, 1.82) is 0 Å². The van der Waals surface area contributed by atoms with Crippen LogP contribution in [0.15, 0.2) is 57.2 Å². The summed E-state index contributed by atoms with van der Waals surface area (Å²) in [4.78, 5) is 36.3. The summed E-state index contributed by atoms with van der Waals surface area (Å²) in [5.41, 5.74) is 3.10. The molecule has 0 saturated heterocycles. The molecule has 0 aliphatic heterocycles. The van der Waals surface area contributed by atoms with Crippen LogP contribution in [0, 0.1) is 0 Å². The van der Waals surface area contributed by atoms with Gasteiger partial charge in [0.25, 0.3) is 0 Å². The fraction of sp³-hybridized carbons (Fsp3) is 0.345. The van der Waals surface area contributed by atoms with Crippen molar-refractivity contribution in [3.63, 3.8) is 0 Å². The van der Waals surface area contributed by atoms with Gasteiger partial charge in [0, 0.05) is 35.4 Å². The molecule has 4 aromatic rings. The van der Waals surface area contributed by atoms with Crippen LogP contribution >= 0.6 is 0 Å². The molecule has 2 heterocycles. The molecule has 0 bridgehead atoms. The zero-order valence-electron chi connectivity index (χ0n) is 21.8. The summed E-state index contributed by atoms with van der Waals surface area (Å²) >= 11 is 0. The lowest BCUT2D eigenvalue weighted by molar-refractivity contribution is 0.0518. The van der Waals surface area contributed by atoms with Crippen molar-refractivity contribution in [2.24, 2.45) is 5.16 Å². The Morgan fingerprint density at radius 3 is 2.47 bits per heavy atom. The molecule has 2 N–H and O–H groups in total. The normalized spacial score (nSPS) is 12.3. The molecule has 0 radical (unpaired) electrons. The number of benzene rings is 2. The second-order valence-corrected chi connectivity index (χ2v) is 9.08. The monoisotopic (exact) mass is 521 g/mol. The van der Waals surface area contributed by atoms with Crippen LogP contribution in [0.25, 0.3) is 21.8 Å². The highest BCUT2D eigenvalue weighted by Gasteiger charge is 2.16. The number of oxime groups is 1. The highest BCUT2D eigenvalue weighted by Crippen LogP contribution is 2.28. The van der Waals surface area contributed by atoms with Crippen LogP contribution < -0.4 is 20.6 Å². The van der Waals surface area contributed by atoms with E-state index in [0.29, 0.717) is 47.4 Å². The predicted molar refractivity (Wildman–Crippen MR) is 148 cm³/mol. The van der Waals surface area contributed by atoms with Gasteiger partial charge in [0.15, 0.2) is 0 Å². The predicted octanol–water partition coefficient (Wildman–Crippen LogP) is 5.05. The van der Waals surface area contributed by atoms with Crippen molar-refractivity contribution in [2.45, 2.75) is 45.1 Å². The maximum atomic E-state index is 13.1. The lowest BCUT2D eigenvalue weighted by atomic mass is 10.0. The van der Waals surface area contributed by atoms with Crippen molar-refractivity contribution >= 4 is 28.0 Å². The SMILES string of the molecule is CCCc1cc(=O)[nH]c2c(C=NOC(CCCF)Cc3cc(=O)[nH]c4cc(OC)ccc34)c(OC)ccc12. The van der Waals surface area contributed by atoms with Gasteiger partial charge in [-0.25, -0.2) is 0 Å². The van der Waals surface area contributed by atoms with Gasteiger partial charge in [-0.3, -0.25) is 14.0 Å². The molecule has 1 unspecified atom stereocenters. The minimum Gasteiger partial charge on any atom is -0.497 e. The van der Waals surface area contributed by atoms with Gasteiger partial charge >= 0.3 is 0 Å². The molecule has 0 aliphatic rings. The van der Waals surface area contributed by atoms with Crippen LogP contribution in [0.5, 0.6) is 11.5 Å². The molecule has 0 fully saturated rings. The van der Waals surface area contributed by atoms with Gasteiger partial charge in [0.2, 0.25) is 11.1 Å². The fourth-order valence-electron chi connectivity index (χ4n) is 4.70. The minimum absolute atomic E-state index is 0.205. The number of halogens is 1. The van der Waals surface area contributed by atoms with Crippen LogP contribution in [0.3, 0.4) is 0 Å². The van der Waals surface area contributed by atoms with Crippen LogP contribution in [0.2, 0.25) is 0 Å². The summed E-state index contributed by atoms with van der Waals surface area (Å²) in [6.07, 6.45) is 3.75. The second kappa shape index (κ2) is 12.4. The average Bonchev–Trinajstić information content (AvgIpc) is 2.91. The zero-order chi connectivity index (χ0) is 27.1. The highest BCUT2D eigenvalue weighted by atomic mass is 19.1. The van der Waals surface area contributed by atoms with Gasteiger partial charge in [-0.15, -0.1) is 0 Å². The molecule has 0 spiro atoms. The van der Waals surface area contributed by atoms with Gasteiger partial charge in [-0.05, 0) is 54.7 Å². The molecule has 0 aliphatic carbocycles. The number of aromatic amines is 2. The summed E-state index contributed by atoms with van der Waals surface area (Å²) in [6, 6.07) is 12.3. The molecule has 0 amide bonds. The lowest BCUT2D eigenvalue weighted by Crippen LogP contribution is -2.17. The van der Waals surface area contributed by atoms with Crippen molar-refractivity contribution in [3.05, 3.63) is 79.9 Å². The van der Waals surface area contributed by atoms with Crippen molar-refractivity contribution in [2.75, 3.05) is 20.9 Å². The van der Waals surface area contributed by atoms with Gasteiger partial charge in [0.1, 0.15) is 17.6 Å². The topological polar surface area (TPSA) is 106 Å². The molecule has 38 heavy (non-hydrogen) atoms. The standard InChI is InChI=1S/C29H32FN3O5/c1-4-6-18-14-28(35)33-29-23(18)10-11-26(37-3)24(29)17-31-38-21(7-5-12-30)13-19-15-27(34)32-25-16-20(36-2)8-9-22(19)25/h8-11,14-17,21H,4-7,12-13H2,1-3H3,(H,32,34)(H,33,35). The first-order valence-electron chi connectivity index (χ1n) is 12.6. The Morgan fingerprint density at radius 2 is 1.74 bits per heavy atom. The van der Waals surface area contributed by atoms with Gasteiger partial charge in [-0.2, -0.15) is 0 Å². The summed E-state index contributed by atoms with van der Waals surface area (Å²) in [5.74, 6) is 1.16. The number of fused-ring (bicyclic) bond motifs is 2.